The lowest BCUT2D eigenvalue weighted by Gasteiger charge is -2.19. The van der Waals surface area contributed by atoms with E-state index >= 15 is 0 Å². The van der Waals surface area contributed by atoms with Gasteiger partial charge in [0.1, 0.15) is 5.75 Å². The number of ether oxygens (including phenoxy) is 1. The van der Waals surface area contributed by atoms with Gasteiger partial charge in [-0.05, 0) is 36.7 Å². The number of nitrogens with one attached hydrogen (secondary N) is 1. The molecule has 1 aliphatic rings. The molecule has 0 bridgehead atoms. The summed E-state index contributed by atoms with van der Waals surface area (Å²) in [6, 6.07) is 6.06. The summed E-state index contributed by atoms with van der Waals surface area (Å²) >= 11 is 0. The predicted molar refractivity (Wildman–Crippen MR) is 74.5 cm³/mol. The normalized spacial score (nSPS) is 26.1. The lowest BCUT2D eigenvalue weighted by molar-refractivity contribution is 0.412. The van der Waals surface area contributed by atoms with Gasteiger partial charge < -0.3 is 10.1 Å². The third-order valence-electron chi connectivity index (χ3n) is 3.41. The molecule has 1 aromatic carbocycles. The van der Waals surface area contributed by atoms with Crippen molar-refractivity contribution in [2.45, 2.75) is 42.9 Å². The Bertz CT molecular complexity index is 447. The molecule has 0 radical (unpaired) electrons. The monoisotopic (exact) mass is 267 g/mol. The number of hydrogen-bond acceptors (Lipinski definition) is 3. The van der Waals surface area contributed by atoms with Crippen LogP contribution in [-0.2, 0) is 10.8 Å². The molecule has 3 nitrogen and oxygen atoms in total. The zero-order valence-corrected chi connectivity index (χ0v) is 12.0. The maximum atomic E-state index is 12.5. The summed E-state index contributed by atoms with van der Waals surface area (Å²) in [4.78, 5) is 0.972. The minimum Gasteiger partial charge on any atom is -0.497 e. The zero-order valence-electron chi connectivity index (χ0n) is 11.2. The molecular weight excluding hydrogens is 246 g/mol. The van der Waals surface area contributed by atoms with Crippen molar-refractivity contribution in [3.8, 4) is 5.75 Å². The second-order valence-corrected chi connectivity index (χ2v) is 6.20. The van der Waals surface area contributed by atoms with Gasteiger partial charge in [-0.15, -0.1) is 0 Å². The Balaban J connectivity index is 2.40. The summed E-state index contributed by atoms with van der Waals surface area (Å²) < 4.78 is 17.8. The third kappa shape index (κ3) is 2.31. The molecule has 0 saturated heterocycles. The van der Waals surface area contributed by atoms with Gasteiger partial charge in [0, 0.05) is 10.9 Å². The van der Waals surface area contributed by atoms with E-state index in [1.807, 2.05) is 18.2 Å². The first-order valence-electron chi connectivity index (χ1n) is 6.54. The Kier molecular flexibility index (Phi) is 4.40. The molecule has 1 aromatic rings. The van der Waals surface area contributed by atoms with Crippen LogP contribution in [0, 0.1) is 0 Å². The molecule has 1 aliphatic heterocycles. The van der Waals surface area contributed by atoms with E-state index in [1.54, 1.807) is 7.11 Å². The second kappa shape index (κ2) is 5.85. The fourth-order valence-corrected chi connectivity index (χ4v) is 4.47. The number of rotatable bonds is 5. The quantitative estimate of drug-likeness (QED) is 0.891. The third-order valence-corrected chi connectivity index (χ3v) is 5.28. The minimum atomic E-state index is -0.895. The second-order valence-electron chi connectivity index (χ2n) is 4.56. The highest BCUT2D eigenvalue weighted by atomic mass is 32.2. The first-order chi connectivity index (χ1) is 8.72. The number of benzene rings is 1. The van der Waals surface area contributed by atoms with Gasteiger partial charge in [0.25, 0.3) is 0 Å². The molecule has 0 aliphatic carbocycles. The Morgan fingerprint density at radius 3 is 2.78 bits per heavy atom. The summed E-state index contributed by atoms with van der Waals surface area (Å²) in [5.41, 5.74) is 1.15. The highest BCUT2D eigenvalue weighted by Crippen LogP contribution is 2.40. The molecule has 2 rings (SSSR count). The molecule has 0 fully saturated rings. The molecule has 0 spiro atoms. The van der Waals surface area contributed by atoms with Crippen LogP contribution in [0.25, 0.3) is 0 Å². The van der Waals surface area contributed by atoms with E-state index in [2.05, 4.69) is 19.2 Å². The van der Waals surface area contributed by atoms with Gasteiger partial charge >= 0.3 is 0 Å². The molecular formula is C14H21NO2S. The minimum absolute atomic E-state index is 0.192. The van der Waals surface area contributed by atoms with Crippen molar-refractivity contribution in [1.82, 2.24) is 5.32 Å². The molecule has 18 heavy (non-hydrogen) atoms. The summed E-state index contributed by atoms with van der Waals surface area (Å²) in [6.45, 7) is 5.12. The number of methoxy groups -OCH3 is 1. The Labute approximate surface area is 111 Å². The van der Waals surface area contributed by atoms with E-state index in [-0.39, 0.29) is 11.3 Å². The van der Waals surface area contributed by atoms with Crippen molar-refractivity contribution in [3.05, 3.63) is 23.8 Å². The fourth-order valence-electron chi connectivity index (χ4n) is 2.59. The van der Waals surface area contributed by atoms with Gasteiger partial charge in [0.15, 0.2) is 0 Å². The molecule has 3 unspecified atom stereocenters. The molecule has 4 heteroatoms. The van der Waals surface area contributed by atoms with Gasteiger partial charge in [0.2, 0.25) is 0 Å². The van der Waals surface area contributed by atoms with E-state index < -0.39 is 10.8 Å². The molecule has 1 heterocycles. The zero-order chi connectivity index (χ0) is 13.1. The standard InChI is InChI=1S/C14H21NO2S/c1-4-6-13-14(15-5-2)11-9-10(17-3)7-8-12(11)18(13)16/h7-9,13-15H,4-6H2,1-3H3. The summed E-state index contributed by atoms with van der Waals surface area (Å²) in [5, 5.41) is 3.66. The fraction of sp³-hybridized carbons (Fsp3) is 0.571. The van der Waals surface area contributed by atoms with Gasteiger partial charge in [0.05, 0.1) is 23.2 Å². The van der Waals surface area contributed by atoms with Crippen molar-refractivity contribution in [2.75, 3.05) is 13.7 Å². The average molecular weight is 267 g/mol. The van der Waals surface area contributed by atoms with Crippen LogP contribution in [0.5, 0.6) is 5.75 Å². The number of fused-ring (bicyclic) bond motifs is 1. The largest absolute Gasteiger partial charge is 0.497 e. The molecule has 3 atom stereocenters. The summed E-state index contributed by atoms with van der Waals surface area (Å²) in [7, 11) is 0.771. The maximum absolute atomic E-state index is 12.5. The van der Waals surface area contributed by atoms with Crippen LogP contribution in [-0.4, -0.2) is 23.1 Å². The lowest BCUT2D eigenvalue weighted by atomic mass is 10.0. The van der Waals surface area contributed by atoms with Gasteiger partial charge in [-0.3, -0.25) is 4.21 Å². The highest BCUT2D eigenvalue weighted by molar-refractivity contribution is 7.86. The first-order valence-corrected chi connectivity index (χ1v) is 7.76. The van der Waals surface area contributed by atoms with E-state index in [0.29, 0.717) is 0 Å². The molecule has 1 N–H and O–H groups in total. The van der Waals surface area contributed by atoms with Crippen molar-refractivity contribution < 1.29 is 8.95 Å². The Morgan fingerprint density at radius 1 is 1.39 bits per heavy atom. The van der Waals surface area contributed by atoms with E-state index in [4.69, 9.17) is 4.74 Å². The van der Waals surface area contributed by atoms with Gasteiger partial charge in [-0.1, -0.05) is 20.3 Å². The van der Waals surface area contributed by atoms with Crippen LogP contribution in [0.3, 0.4) is 0 Å². The lowest BCUT2D eigenvalue weighted by Crippen LogP contribution is -2.29. The van der Waals surface area contributed by atoms with Crippen LogP contribution in [0.15, 0.2) is 23.1 Å². The molecule has 100 valence electrons. The molecule has 0 amide bonds. The first kappa shape index (κ1) is 13.6. The SMILES string of the molecule is CCCC1C(NCC)c2cc(OC)ccc2S1=O. The van der Waals surface area contributed by atoms with Crippen LogP contribution < -0.4 is 10.1 Å². The Hall–Kier alpha value is -0.870. The average Bonchev–Trinajstić information content (AvgIpc) is 2.65. The van der Waals surface area contributed by atoms with Gasteiger partial charge in [-0.2, -0.15) is 0 Å². The Morgan fingerprint density at radius 2 is 2.17 bits per heavy atom. The van der Waals surface area contributed by atoms with Crippen molar-refractivity contribution >= 4 is 10.8 Å². The molecule has 0 saturated carbocycles. The van der Waals surface area contributed by atoms with Crippen LogP contribution >= 0.6 is 0 Å². The summed E-state index contributed by atoms with van der Waals surface area (Å²) in [5.74, 6) is 0.839. The van der Waals surface area contributed by atoms with Crippen molar-refractivity contribution in [3.63, 3.8) is 0 Å². The van der Waals surface area contributed by atoms with Crippen molar-refractivity contribution in [1.29, 1.82) is 0 Å². The predicted octanol–water partition coefficient (Wildman–Crippen LogP) is 2.64. The van der Waals surface area contributed by atoms with E-state index in [1.165, 1.54) is 0 Å². The topological polar surface area (TPSA) is 38.3 Å². The van der Waals surface area contributed by atoms with E-state index in [9.17, 15) is 4.21 Å². The number of hydrogen-bond donors (Lipinski definition) is 1. The van der Waals surface area contributed by atoms with Gasteiger partial charge in [-0.25, -0.2) is 0 Å². The summed E-state index contributed by atoms with van der Waals surface area (Å²) in [6.07, 6.45) is 2.05. The maximum Gasteiger partial charge on any atom is 0.119 e. The van der Waals surface area contributed by atoms with Crippen molar-refractivity contribution in [2.24, 2.45) is 0 Å². The highest BCUT2D eigenvalue weighted by Gasteiger charge is 2.37. The molecule has 0 aromatic heterocycles. The smallest absolute Gasteiger partial charge is 0.119 e. The van der Waals surface area contributed by atoms with E-state index in [0.717, 1.165) is 35.6 Å². The van der Waals surface area contributed by atoms with Crippen LogP contribution in [0.2, 0.25) is 0 Å². The van der Waals surface area contributed by atoms with Crippen LogP contribution in [0.1, 0.15) is 38.3 Å². The van der Waals surface area contributed by atoms with Crippen LogP contribution in [0.4, 0.5) is 0 Å².